The molecule has 5 aromatic rings. The van der Waals surface area contributed by atoms with Crippen LogP contribution >= 0.6 is 0 Å². The molecular formula is C48H62N8O8. The molecule has 342 valence electrons. The Labute approximate surface area is 373 Å². The highest BCUT2D eigenvalue weighted by atomic mass is 16.6. The van der Waals surface area contributed by atoms with E-state index in [1.165, 1.54) is 7.11 Å². The number of aliphatic hydroxyl groups is 2. The Bertz CT molecular complexity index is 2570. The van der Waals surface area contributed by atoms with Crippen molar-refractivity contribution in [3.63, 3.8) is 0 Å². The van der Waals surface area contributed by atoms with Crippen molar-refractivity contribution in [3.8, 4) is 28.1 Å². The lowest BCUT2D eigenvalue weighted by molar-refractivity contribution is -0.137. The fourth-order valence-corrected chi connectivity index (χ4v) is 9.72. The van der Waals surface area contributed by atoms with Gasteiger partial charge in [-0.15, -0.1) is 0 Å². The van der Waals surface area contributed by atoms with Gasteiger partial charge in [-0.05, 0) is 126 Å². The van der Waals surface area contributed by atoms with Crippen LogP contribution in [0.15, 0.2) is 48.7 Å². The zero-order valence-electron chi connectivity index (χ0n) is 38.4. The monoisotopic (exact) mass is 878 g/mol. The zero-order valence-corrected chi connectivity index (χ0v) is 38.4. The fourth-order valence-electron chi connectivity index (χ4n) is 9.72. The number of aromatic amines is 2. The summed E-state index contributed by atoms with van der Waals surface area (Å²) in [6, 6.07) is 12.1. The molecule has 16 nitrogen and oxygen atoms in total. The molecule has 5 heterocycles. The van der Waals surface area contributed by atoms with Gasteiger partial charge < -0.3 is 49.9 Å². The number of carbonyl (C=O) groups excluding carboxylic acids is 3. The van der Waals surface area contributed by atoms with Crippen molar-refractivity contribution in [2.45, 2.75) is 148 Å². The lowest BCUT2D eigenvalue weighted by Gasteiger charge is -2.41. The number of methoxy groups -OCH3 is 1. The molecule has 0 bridgehead atoms. The van der Waals surface area contributed by atoms with Crippen LogP contribution in [0.1, 0.15) is 117 Å². The molecule has 3 aliphatic rings. The number of fused-ring (bicyclic) bond motifs is 6. The highest BCUT2D eigenvalue weighted by molar-refractivity contribution is 6.07. The number of hydrogen-bond donors (Lipinski definition) is 6. The Morgan fingerprint density at radius 3 is 2.33 bits per heavy atom. The highest BCUT2D eigenvalue weighted by Crippen LogP contribution is 2.44. The molecule has 0 radical (unpaired) electrons. The number of benzene rings is 3. The third kappa shape index (κ3) is 8.62. The summed E-state index contributed by atoms with van der Waals surface area (Å²) in [5.41, 5.74) is 4.26. The molecule has 0 saturated carbocycles. The first kappa shape index (κ1) is 44.9. The van der Waals surface area contributed by atoms with E-state index in [1.807, 2.05) is 49.8 Å². The van der Waals surface area contributed by atoms with Crippen molar-refractivity contribution < 1.29 is 38.8 Å². The van der Waals surface area contributed by atoms with Gasteiger partial charge in [0, 0.05) is 23.0 Å². The number of likely N-dealkylation sites (tertiary alicyclic amines) is 2. The molecule has 2 fully saturated rings. The molecule has 0 spiro atoms. The van der Waals surface area contributed by atoms with E-state index in [2.05, 4.69) is 57.0 Å². The Balaban J connectivity index is 1.04. The van der Waals surface area contributed by atoms with E-state index < -0.39 is 41.7 Å². The van der Waals surface area contributed by atoms with Crippen molar-refractivity contribution in [2.75, 3.05) is 7.11 Å². The normalized spacial score (nSPS) is 21.6. The Hall–Kier alpha value is -5.71. The predicted octanol–water partition coefficient (Wildman–Crippen LogP) is 7.61. The number of ether oxygens (including phenoxy) is 3. The number of rotatable bonds is 10. The number of hydrogen-bond acceptors (Lipinski definition) is 11. The number of amides is 3. The number of carbonyl (C=O) groups is 3. The predicted molar refractivity (Wildman–Crippen MR) is 242 cm³/mol. The van der Waals surface area contributed by atoms with Gasteiger partial charge in [-0.1, -0.05) is 32.0 Å². The highest BCUT2D eigenvalue weighted by Gasteiger charge is 2.46. The van der Waals surface area contributed by atoms with Gasteiger partial charge in [0.05, 0.1) is 53.8 Å². The number of H-pyrrole nitrogens is 2. The fraction of sp³-hybridized carbons (Fsp3) is 0.521. The lowest BCUT2D eigenvalue weighted by Crippen LogP contribution is -2.62. The molecule has 3 aromatic carbocycles. The van der Waals surface area contributed by atoms with E-state index in [0.29, 0.717) is 24.7 Å². The van der Waals surface area contributed by atoms with E-state index in [1.54, 1.807) is 34.6 Å². The molecule has 2 saturated heterocycles. The van der Waals surface area contributed by atoms with E-state index >= 15 is 0 Å². The van der Waals surface area contributed by atoms with Crippen LogP contribution in [0.5, 0.6) is 5.75 Å². The molecule has 1 unspecified atom stereocenters. The van der Waals surface area contributed by atoms with Crippen LogP contribution < -0.4 is 15.4 Å². The maximum atomic E-state index is 13.9. The minimum Gasteiger partial charge on any atom is -0.488 e. The SMILES string of the molecule is COC(=O)N[C@H](C(=O)N1[C@@H](C)CC[C@H]1c1ncc(-c2ccc3c(c2)COc2cc4c(ccc5[nH]c([C@@H]6CC[C@H](C)N6C(O)[C@@H](NC(=O)OC(C)(C)C)C(C)(C)O)nc54)cc2-3)[nH]1)C(C)C. The Morgan fingerprint density at radius 2 is 1.62 bits per heavy atom. The van der Waals surface area contributed by atoms with Crippen LogP contribution in [0.3, 0.4) is 0 Å². The van der Waals surface area contributed by atoms with Crippen LogP contribution in [-0.2, 0) is 20.9 Å². The third-order valence-corrected chi connectivity index (χ3v) is 13.0. The van der Waals surface area contributed by atoms with Crippen LogP contribution in [0.4, 0.5) is 9.59 Å². The van der Waals surface area contributed by atoms with Crippen LogP contribution in [-0.4, -0.2) is 107 Å². The van der Waals surface area contributed by atoms with Crippen LogP contribution in [0.25, 0.3) is 44.2 Å². The van der Waals surface area contributed by atoms with Crippen molar-refractivity contribution in [1.29, 1.82) is 0 Å². The van der Waals surface area contributed by atoms with Gasteiger partial charge in [-0.3, -0.25) is 9.69 Å². The summed E-state index contributed by atoms with van der Waals surface area (Å²) in [4.78, 5) is 59.6. The van der Waals surface area contributed by atoms with Gasteiger partial charge in [0.1, 0.15) is 41.9 Å². The molecule has 8 rings (SSSR count). The molecule has 2 aromatic heterocycles. The third-order valence-electron chi connectivity index (χ3n) is 13.0. The molecule has 3 amide bonds. The van der Waals surface area contributed by atoms with Gasteiger partial charge in [-0.2, -0.15) is 0 Å². The minimum atomic E-state index is -1.47. The van der Waals surface area contributed by atoms with Crippen LogP contribution in [0, 0.1) is 5.92 Å². The summed E-state index contributed by atoms with van der Waals surface area (Å²) in [5.74, 6) is 1.85. The topological polar surface area (TPSA) is 207 Å². The number of alkyl carbamates (subject to hydrolysis) is 2. The van der Waals surface area contributed by atoms with E-state index in [9.17, 15) is 24.6 Å². The summed E-state index contributed by atoms with van der Waals surface area (Å²) in [6.45, 7) is 16.6. The van der Waals surface area contributed by atoms with Gasteiger partial charge in [0.15, 0.2) is 0 Å². The maximum Gasteiger partial charge on any atom is 0.408 e. The van der Waals surface area contributed by atoms with Crippen molar-refractivity contribution in [3.05, 3.63) is 65.9 Å². The van der Waals surface area contributed by atoms with Crippen LogP contribution in [0.2, 0.25) is 0 Å². The van der Waals surface area contributed by atoms with Gasteiger partial charge in [0.25, 0.3) is 0 Å². The summed E-state index contributed by atoms with van der Waals surface area (Å²) in [7, 11) is 1.29. The molecule has 6 N–H and O–H groups in total. The average molecular weight is 879 g/mol. The molecule has 3 aliphatic heterocycles. The van der Waals surface area contributed by atoms with Crippen molar-refractivity contribution in [1.82, 2.24) is 40.4 Å². The van der Waals surface area contributed by atoms with Crippen molar-refractivity contribution in [2.24, 2.45) is 5.92 Å². The van der Waals surface area contributed by atoms with Gasteiger partial charge in [0.2, 0.25) is 5.91 Å². The Morgan fingerprint density at radius 1 is 0.891 bits per heavy atom. The smallest absolute Gasteiger partial charge is 0.408 e. The number of nitrogens with one attached hydrogen (secondary N) is 4. The molecule has 16 heteroatoms. The maximum absolute atomic E-state index is 13.9. The Kier molecular flexibility index (Phi) is 11.9. The van der Waals surface area contributed by atoms with Gasteiger partial charge in [-0.25, -0.2) is 19.6 Å². The summed E-state index contributed by atoms with van der Waals surface area (Å²) < 4.78 is 16.7. The first-order valence-electron chi connectivity index (χ1n) is 22.3. The summed E-state index contributed by atoms with van der Waals surface area (Å²) in [5, 5.41) is 30.4. The second-order valence-corrected chi connectivity index (χ2v) is 19.6. The number of aromatic nitrogens is 4. The van der Waals surface area contributed by atoms with E-state index in [-0.39, 0.29) is 36.0 Å². The van der Waals surface area contributed by atoms with E-state index in [4.69, 9.17) is 24.2 Å². The van der Waals surface area contributed by atoms with E-state index in [0.717, 1.165) is 74.8 Å². The summed E-state index contributed by atoms with van der Waals surface area (Å²) in [6.07, 6.45) is 2.27. The first-order valence-corrected chi connectivity index (χ1v) is 22.3. The molecule has 64 heavy (non-hydrogen) atoms. The number of imidazole rings is 2. The quantitative estimate of drug-likeness (QED) is 0.0805. The summed E-state index contributed by atoms with van der Waals surface area (Å²) >= 11 is 0. The standard InChI is InChI=1S/C48H62N8O8/c1-24(2)38(53-45(59)62-10)43(57)55-25(3)11-17-35(55)41-49-22-34(51-41)28-13-15-30-29(19-28)23-63-37-21-31-27(20-32(30)37)14-16-33-39(31)52-42(50-33)36-18-12-26(4)56(36)44(58)40(48(8,9)61)54-46(60)64-47(5,6)7/h13-16,19-22,24-26,35-36,38,40,44,58,61H,11-12,17-18,23H2,1-10H3,(H,49,51)(H,50,52)(H,53,59)(H,54,60)/t25-,26-,35-,36-,38-,40+,44?/m0/s1. The largest absolute Gasteiger partial charge is 0.488 e. The average Bonchev–Trinajstić information content (AvgIpc) is 4.05. The molecule has 0 aliphatic carbocycles. The van der Waals surface area contributed by atoms with Crippen molar-refractivity contribution >= 4 is 39.9 Å². The molecular weight excluding hydrogens is 817 g/mol. The first-order chi connectivity index (χ1) is 30.2. The second-order valence-electron chi connectivity index (χ2n) is 19.6. The number of nitrogens with zero attached hydrogens (tertiary/aromatic N) is 4. The second kappa shape index (κ2) is 17.0. The number of aliphatic hydroxyl groups excluding tert-OH is 1. The zero-order chi connectivity index (χ0) is 46.0. The lowest BCUT2D eigenvalue weighted by atomic mass is 9.92. The van der Waals surface area contributed by atoms with Gasteiger partial charge >= 0.3 is 12.2 Å². The minimum absolute atomic E-state index is 0.0231. The molecule has 7 atom stereocenters.